The molecular weight excluding hydrogens is 202 g/mol. The first kappa shape index (κ1) is 13.3. The quantitative estimate of drug-likeness (QED) is 0.794. The van der Waals surface area contributed by atoms with Crippen LogP contribution < -0.4 is 5.73 Å². The van der Waals surface area contributed by atoms with Crippen molar-refractivity contribution in [1.29, 1.82) is 0 Å². The van der Waals surface area contributed by atoms with Crippen molar-refractivity contribution in [3.8, 4) is 0 Å². The number of urea groups is 1. The molecule has 2 amide bonds. The molecule has 0 aromatic heterocycles. The van der Waals surface area contributed by atoms with Crippen molar-refractivity contribution in [3.05, 3.63) is 0 Å². The summed E-state index contributed by atoms with van der Waals surface area (Å²) in [6.07, 6.45) is 2.24. The molecule has 2 unspecified atom stereocenters. The fourth-order valence-corrected chi connectivity index (χ4v) is 2.31. The summed E-state index contributed by atoms with van der Waals surface area (Å²) in [6.45, 7) is 9.37. The van der Waals surface area contributed by atoms with E-state index in [0.717, 1.165) is 39.0 Å². The average Bonchev–Trinajstić information content (AvgIpc) is 2.30. The molecule has 1 aliphatic rings. The van der Waals surface area contributed by atoms with E-state index in [4.69, 9.17) is 5.73 Å². The molecule has 1 aliphatic heterocycles. The molecule has 1 saturated heterocycles. The lowest BCUT2D eigenvalue weighted by molar-refractivity contribution is 0.127. The van der Waals surface area contributed by atoms with Gasteiger partial charge in [0.2, 0.25) is 0 Å². The second-order valence-corrected chi connectivity index (χ2v) is 4.66. The van der Waals surface area contributed by atoms with Gasteiger partial charge in [0, 0.05) is 32.2 Å². The molecule has 1 heterocycles. The number of hydrogen-bond donors (Lipinski definition) is 1. The minimum atomic E-state index is 0.176. The van der Waals surface area contributed by atoms with Gasteiger partial charge >= 0.3 is 6.03 Å². The summed E-state index contributed by atoms with van der Waals surface area (Å²) < 4.78 is 0. The Morgan fingerprint density at radius 1 is 1.50 bits per heavy atom. The zero-order valence-corrected chi connectivity index (χ0v) is 10.8. The van der Waals surface area contributed by atoms with Gasteiger partial charge in [-0.1, -0.05) is 0 Å². The molecule has 0 aromatic rings. The van der Waals surface area contributed by atoms with Crippen molar-refractivity contribution in [2.24, 2.45) is 11.7 Å². The Balaban J connectivity index is 2.56. The molecule has 94 valence electrons. The van der Waals surface area contributed by atoms with Gasteiger partial charge in [-0.05, 0) is 39.5 Å². The average molecular weight is 227 g/mol. The largest absolute Gasteiger partial charge is 0.328 e. The molecule has 4 heteroatoms. The lowest BCUT2D eigenvalue weighted by atomic mass is 9.92. The van der Waals surface area contributed by atoms with E-state index in [2.05, 4.69) is 0 Å². The van der Waals surface area contributed by atoms with Gasteiger partial charge in [-0.3, -0.25) is 0 Å². The van der Waals surface area contributed by atoms with Crippen molar-refractivity contribution in [2.45, 2.75) is 39.7 Å². The Morgan fingerprint density at radius 3 is 2.62 bits per heavy atom. The SMILES string of the molecule is CCN(CC)C(=O)N1CCCC(C(C)N)C1. The summed E-state index contributed by atoms with van der Waals surface area (Å²) in [5.41, 5.74) is 5.92. The van der Waals surface area contributed by atoms with Crippen LogP contribution in [0.4, 0.5) is 4.79 Å². The molecule has 4 nitrogen and oxygen atoms in total. The predicted molar refractivity (Wildman–Crippen MR) is 66.3 cm³/mol. The number of carbonyl (C=O) groups excluding carboxylic acids is 1. The number of piperidine rings is 1. The number of hydrogen-bond acceptors (Lipinski definition) is 2. The van der Waals surface area contributed by atoms with Crippen molar-refractivity contribution in [3.63, 3.8) is 0 Å². The minimum Gasteiger partial charge on any atom is -0.328 e. The van der Waals surface area contributed by atoms with Crippen LogP contribution in [0.2, 0.25) is 0 Å². The number of nitrogens with zero attached hydrogens (tertiary/aromatic N) is 2. The van der Waals surface area contributed by atoms with Crippen LogP contribution in [-0.4, -0.2) is 48.1 Å². The van der Waals surface area contributed by atoms with Crippen LogP contribution >= 0.6 is 0 Å². The lowest BCUT2D eigenvalue weighted by Crippen LogP contribution is -2.50. The van der Waals surface area contributed by atoms with Crippen LogP contribution in [0.25, 0.3) is 0 Å². The van der Waals surface area contributed by atoms with Crippen LogP contribution in [0, 0.1) is 5.92 Å². The highest BCUT2D eigenvalue weighted by Gasteiger charge is 2.27. The summed E-state index contributed by atoms with van der Waals surface area (Å²) in [5.74, 6) is 0.466. The summed E-state index contributed by atoms with van der Waals surface area (Å²) in [7, 11) is 0. The maximum Gasteiger partial charge on any atom is 0.319 e. The molecule has 16 heavy (non-hydrogen) atoms. The van der Waals surface area contributed by atoms with Gasteiger partial charge in [0.05, 0.1) is 0 Å². The van der Waals surface area contributed by atoms with E-state index in [1.165, 1.54) is 0 Å². The second-order valence-electron chi connectivity index (χ2n) is 4.66. The maximum absolute atomic E-state index is 12.1. The van der Waals surface area contributed by atoms with Crippen molar-refractivity contribution < 1.29 is 4.79 Å². The molecule has 0 radical (unpaired) electrons. The highest BCUT2D eigenvalue weighted by atomic mass is 16.2. The molecule has 2 N–H and O–H groups in total. The van der Waals surface area contributed by atoms with E-state index in [-0.39, 0.29) is 12.1 Å². The number of rotatable bonds is 3. The summed E-state index contributed by atoms with van der Waals surface area (Å²) in [6, 6.07) is 0.364. The lowest BCUT2D eigenvalue weighted by Gasteiger charge is -2.37. The van der Waals surface area contributed by atoms with Crippen LogP contribution in [0.5, 0.6) is 0 Å². The third-order valence-electron chi connectivity index (χ3n) is 3.51. The van der Waals surface area contributed by atoms with Crippen LogP contribution in [0.3, 0.4) is 0 Å². The third-order valence-corrected chi connectivity index (χ3v) is 3.51. The van der Waals surface area contributed by atoms with Crippen molar-refractivity contribution >= 4 is 6.03 Å². The zero-order valence-electron chi connectivity index (χ0n) is 10.8. The molecule has 0 aliphatic carbocycles. The number of amides is 2. The van der Waals surface area contributed by atoms with Crippen LogP contribution in [0.1, 0.15) is 33.6 Å². The van der Waals surface area contributed by atoms with Crippen molar-refractivity contribution in [2.75, 3.05) is 26.2 Å². The molecule has 2 atom stereocenters. The van der Waals surface area contributed by atoms with E-state index in [1.807, 2.05) is 30.6 Å². The number of carbonyl (C=O) groups is 1. The topological polar surface area (TPSA) is 49.6 Å². The van der Waals surface area contributed by atoms with Crippen LogP contribution in [0.15, 0.2) is 0 Å². The summed E-state index contributed by atoms with van der Waals surface area (Å²) in [4.78, 5) is 16.0. The molecule has 0 bridgehead atoms. The highest BCUT2D eigenvalue weighted by Crippen LogP contribution is 2.19. The second kappa shape index (κ2) is 6.09. The normalized spacial score (nSPS) is 23.0. The van der Waals surface area contributed by atoms with Gasteiger partial charge < -0.3 is 15.5 Å². The Bertz CT molecular complexity index is 226. The molecule has 0 aromatic carbocycles. The Kier molecular flexibility index (Phi) is 5.06. The van der Waals surface area contributed by atoms with E-state index < -0.39 is 0 Å². The Hall–Kier alpha value is -0.770. The van der Waals surface area contributed by atoms with Gasteiger partial charge in [-0.2, -0.15) is 0 Å². The summed E-state index contributed by atoms with van der Waals surface area (Å²) >= 11 is 0. The molecule has 1 rings (SSSR count). The van der Waals surface area contributed by atoms with Gasteiger partial charge in [-0.15, -0.1) is 0 Å². The first-order valence-electron chi connectivity index (χ1n) is 6.39. The number of nitrogens with two attached hydrogens (primary N) is 1. The molecule has 0 saturated carbocycles. The maximum atomic E-state index is 12.1. The summed E-state index contributed by atoms with van der Waals surface area (Å²) in [5, 5.41) is 0. The predicted octanol–water partition coefficient (Wildman–Crippen LogP) is 1.51. The third kappa shape index (κ3) is 3.11. The Labute approximate surface area is 98.8 Å². The molecular formula is C12H25N3O. The molecule has 1 fully saturated rings. The smallest absolute Gasteiger partial charge is 0.319 e. The van der Waals surface area contributed by atoms with Crippen molar-refractivity contribution in [1.82, 2.24) is 9.80 Å². The standard InChI is InChI=1S/C12H25N3O/c1-4-14(5-2)12(16)15-8-6-7-11(9-15)10(3)13/h10-11H,4-9,13H2,1-3H3. The van der Waals surface area contributed by atoms with Gasteiger partial charge in [0.15, 0.2) is 0 Å². The fourth-order valence-electron chi connectivity index (χ4n) is 2.31. The monoisotopic (exact) mass is 227 g/mol. The van der Waals surface area contributed by atoms with E-state index in [1.54, 1.807) is 0 Å². The van der Waals surface area contributed by atoms with E-state index >= 15 is 0 Å². The van der Waals surface area contributed by atoms with Gasteiger partial charge in [0.1, 0.15) is 0 Å². The van der Waals surface area contributed by atoms with E-state index in [0.29, 0.717) is 5.92 Å². The van der Waals surface area contributed by atoms with E-state index in [9.17, 15) is 4.79 Å². The van der Waals surface area contributed by atoms with Gasteiger partial charge in [-0.25, -0.2) is 4.79 Å². The van der Waals surface area contributed by atoms with Crippen LogP contribution in [-0.2, 0) is 0 Å². The highest BCUT2D eigenvalue weighted by molar-refractivity contribution is 5.74. The fraction of sp³-hybridized carbons (Fsp3) is 0.917. The molecule has 0 spiro atoms. The Morgan fingerprint density at radius 2 is 2.12 bits per heavy atom. The first-order valence-corrected chi connectivity index (χ1v) is 6.39. The van der Waals surface area contributed by atoms with Gasteiger partial charge in [0.25, 0.3) is 0 Å². The zero-order chi connectivity index (χ0) is 12.1. The minimum absolute atomic E-state index is 0.176. The number of likely N-dealkylation sites (tertiary alicyclic amines) is 1. The first-order chi connectivity index (χ1) is 7.60.